The quantitative estimate of drug-likeness (QED) is 0.747. The molecule has 0 amide bonds. The van der Waals surface area contributed by atoms with Crippen LogP contribution in [0.3, 0.4) is 0 Å². The van der Waals surface area contributed by atoms with Gasteiger partial charge in [0.15, 0.2) is 0 Å². The lowest BCUT2D eigenvalue weighted by atomic mass is 9.66. The number of hydrogen-bond acceptors (Lipinski definition) is 4. The van der Waals surface area contributed by atoms with E-state index in [4.69, 9.17) is 4.74 Å². The highest BCUT2D eigenvalue weighted by molar-refractivity contribution is 7.99. The SMILES string of the molecule is OCC1(C2(O)CCSCC2)CCCOC1. The van der Waals surface area contributed by atoms with Crippen LogP contribution in [0.2, 0.25) is 0 Å². The van der Waals surface area contributed by atoms with Crippen molar-refractivity contribution in [2.45, 2.75) is 31.3 Å². The third kappa shape index (κ3) is 2.05. The average Bonchev–Trinajstić information content (AvgIpc) is 2.31. The van der Waals surface area contributed by atoms with Gasteiger partial charge in [-0.1, -0.05) is 0 Å². The minimum absolute atomic E-state index is 0.0498. The Morgan fingerprint density at radius 2 is 1.93 bits per heavy atom. The number of rotatable bonds is 2. The van der Waals surface area contributed by atoms with Gasteiger partial charge >= 0.3 is 0 Å². The van der Waals surface area contributed by atoms with Gasteiger partial charge < -0.3 is 14.9 Å². The van der Waals surface area contributed by atoms with Crippen LogP contribution >= 0.6 is 11.8 Å². The number of aliphatic hydroxyl groups is 2. The van der Waals surface area contributed by atoms with Crippen molar-refractivity contribution in [2.24, 2.45) is 5.41 Å². The monoisotopic (exact) mass is 232 g/mol. The van der Waals surface area contributed by atoms with Crippen LogP contribution in [0.4, 0.5) is 0 Å². The first-order chi connectivity index (χ1) is 7.22. The second-order valence-corrected chi connectivity index (χ2v) is 5.96. The van der Waals surface area contributed by atoms with Gasteiger partial charge in [0.1, 0.15) is 0 Å². The second-order valence-electron chi connectivity index (χ2n) is 4.74. The lowest BCUT2D eigenvalue weighted by Crippen LogP contribution is -2.56. The summed E-state index contributed by atoms with van der Waals surface area (Å²) in [6, 6.07) is 0. The summed E-state index contributed by atoms with van der Waals surface area (Å²) in [5.74, 6) is 2.00. The van der Waals surface area contributed by atoms with E-state index in [2.05, 4.69) is 0 Å². The fourth-order valence-electron chi connectivity index (χ4n) is 2.73. The van der Waals surface area contributed by atoms with E-state index in [-0.39, 0.29) is 6.61 Å². The molecule has 15 heavy (non-hydrogen) atoms. The van der Waals surface area contributed by atoms with Gasteiger partial charge in [0.05, 0.1) is 18.8 Å². The highest BCUT2D eigenvalue weighted by Crippen LogP contribution is 2.46. The van der Waals surface area contributed by atoms with Crippen molar-refractivity contribution in [1.29, 1.82) is 0 Å². The lowest BCUT2D eigenvalue weighted by molar-refractivity contribution is -0.170. The van der Waals surface area contributed by atoms with Crippen molar-refractivity contribution in [3.8, 4) is 0 Å². The van der Waals surface area contributed by atoms with Crippen LogP contribution in [0.25, 0.3) is 0 Å². The predicted molar refractivity (Wildman–Crippen MR) is 61.1 cm³/mol. The smallest absolute Gasteiger partial charge is 0.0763 e. The summed E-state index contributed by atoms with van der Waals surface area (Å²) in [5.41, 5.74) is -1.10. The fraction of sp³-hybridized carbons (Fsp3) is 1.00. The number of ether oxygens (including phenoxy) is 1. The van der Waals surface area contributed by atoms with Crippen molar-refractivity contribution in [3.05, 3.63) is 0 Å². The molecule has 4 heteroatoms. The molecule has 0 aromatic rings. The van der Waals surface area contributed by atoms with E-state index in [1.807, 2.05) is 11.8 Å². The van der Waals surface area contributed by atoms with Crippen molar-refractivity contribution in [1.82, 2.24) is 0 Å². The van der Waals surface area contributed by atoms with E-state index in [9.17, 15) is 10.2 Å². The molecule has 2 N–H and O–H groups in total. The van der Waals surface area contributed by atoms with Crippen LogP contribution < -0.4 is 0 Å². The van der Waals surface area contributed by atoms with Gasteiger partial charge in [-0.05, 0) is 37.2 Å². The Labute approximate surface area is 95.2 Å². The largest absolute Gasteiger partial charge is 0.396 e. The van der Waals surface area contributed by atoms with E-state index in [0.717, 1.165) is 43.8 Å². The summed E-state index contributed by atoms with van der Waals surface area (Å²) < 4.78 is 5.47. The third-order valence-corrected chi connectivity index (χ3v) is 4.92. The molecule has 0 spiro atoms. The Bertz CT molecular complexity index is 208. The lowest BCUT2D eigenvalue weighted by Gasteiger charge is -2.50. The van der Waals surface area contributed by atoms with E-state index in [1.54, 1.807) is 0 Å². The van der Waals surface area contributed by atoms with Crippen LogP contribution in [-0.4, -0.2) is 47.1 Å². The topological polar surface area (TPSA) is 49.7 Å². The first-order valence-corrected chi connectivity index (χ1v) is 6.87. The minimum atomic E-state index is -0.701. The predicted octanol–water partition coefficient (Wildman–Crippen LogP) is 1.03. The van der Waals surface area contributed by atoms with Crippen molar-refractivity contribution >= 4 is 11.8 Å². The van der Waals surface area contributed by atoms with Crippen molar-refractivity contribution < 1.29 is 14.9 Å². The van der Waals surface area contributed by atoms with E-state index in [1.165, 1.54) is 0 Å². The summed E-state index contributed by atoms with van der Waals surface area (Å²) in [6.07, 6.45) is 3.43. The van der Waals surface area contributed by atoms with Gasteiger partial charge in [-0.2, -0.15) is 11.8 Å². The highest BCUT2D eigenvalue weighted by Gasteiger charge is 2.51. The molecule has 2 heterocycles. The molecular weight excluding hydrogens is 212 g/mol. The van der Waals surface area contributed by atoms with Crippen LogP contribution in [0.1, 0.15) is 25.7 Å². The molecule has 2 rings (SSSR count). The molecule has 0 bridgehead atoms. The van der Waals surface area contributed by atoms with E-state index in [0.29, 0.717) is 6.61 Å². The maximum absolute atomic E-state index is 10.7. The van der Waals surface area contributed by atoms with Gasteiger partial charge in [0.2, 0.25) is 0 Å². The summed E-state index contributed by atoms with van der Waals surface area (Å²) in [6.45, 7) is 1.34. The molecular formula is C11H20O3S. The van der Waals surface area contributed by atoms with E-state index >= 15 is 0 Å². The Morgan fingerprint density at radius 3 is 2.47 bits per heavy atom. The standard InChI is InChI=1S/C11H20O3S/c12-8-10(2-1-5-14-9-10)11(13)3-6-15-7-4-11/h12-13H,1-9H2. The van der Waals surface area contributed by atoms with Crippen LogP contribution in [0, 0.1) is 5.41 Å². The van der Waals surface area contributed by atoms with Crippen LogP contribution in [-0.2, 0) is 4.74 Å². The number of hydrogen-bond donors (Lipinski definition) is 2. The first kappa shape index (κ1) is 11.7. The molecule has 2 saturated heterocycles. The summed E-state index contributed by atoms with van der Waals surface area (Å²) >= 11 is 1.89. The molecule has 1 unspecified atom stereocenters. The zero-order chi connectivity index (χ0) is 10.8. The second kappa shape index (κ2) is 4.62. The molecule has 0 saturated carbocycles. The van der Waals surface area contributed by atoms with Crippen LogP contribution in [0.15, 0.2) is 0 Å². The molecule has 1 atom stereocenters. The fourth-order valence-corrected chi connectivity index (χ4v) is 3.90. The van der Waals surface area contributed by atoms with Gasteiger partial charge in [-0.15, -0.1) is 0 Å². The molecule has 2 aliphatic rings. The van der Waals surface area contributed by atoms with Crippen molar-refractivity contribution in [3.63, 3.8) is 0 Å². The highest BCUT2D eigenvalue weighted by atomic mass is 32.2. The van der Waals surface area contributed by atoms with Gasteiger partial charge in [0.25, 0.3) is 0 Å². The molecule has 0 radical (unpaired) electrons. The molecule has 3 nitrogen and oxygen atoms in total. The molecule has 88 valence electrons. The molecule has 0 aliphatic carbocycles. The number of thioether (sulfide) groups is 1. The zero-order valence-electron chi connectivity index (χ0n) is 9.07. The third-order valence-electron chi connectivity index (χ3n) is 3.93. The maximum atomic E-state index is 10.7. The maximum Gasteiger partial charge on any atom is 0.0763 e. The normalized spacial score (nSPS) is 36.4. The Balaban J connectivity index is 2.15. The Morgan fingerprint density at radius 1 is 1.20 bits per heavy atom. The first-order valence-electron chi connectivity index (χ1n) is 5.71. The molecule has 2 aliphatic heterocycles. The Kier molecular flexibility index (Phi) is 3.60. The van der Waals surface area contributed by atoms with Gasteiger partial charge in [-0.3, -0.25) is 0 Å². The molecule has 0 aromatic heterocycles. The average molecular weight is 232 g/mol. The number of aliphatic hydroxyl groups excluding tert-OH is 1. The van der Waals surface area contributed by atoms with Gasteiger partial charge in [-0.25, -0.2) is 0 Å². The Hall–Kier alpha value is 0.230. The summed E-state index contributed by atoms with van der Waals surface area (Å²) in [4.78, 5) is 0. The minimum Gasteiger partial charge on any atom is -0.396 e. The summed E-state index contributed by atoms with van der Waals surface area (Å²) in [5, 5.41) is 20.3. The van der Waals surface area contributed by atoms with E-state index < -0.39 is 11.0 Å². The van der Waals surface area contributed by atoms with Gasteiger partial charge in [0, 0.05) is 12.0 Å². The molecule has 2 fully saturated rings. The zero-order valence-corrected chi connectivity index (χ0v) is 9.89. The van der Waals surface area contributed by atoms with Crippen molar-refractivity contribution in [2.75, 3.05) is 31.3 Å². The molecule has 0 aromatic carbocycles. The van der Waals surface area contributed by atoms with Crippen LogP contribution in [0.5, 0.6) is 0 Å². The summed E-state index contributed by atoms with van der Waals surface area (Å²) in [7, 11) is 0.